The Bertz CT molecular complexity index is 784. The number of imide groups is 1. The van der Waals surface area contributed by atoms with E-state index in [0.29, 0.717) is 25.1 Å². The van der Waals surface area contributed by atoms with Gasteiger partial charge in [0.25, 0.3) is 11.8 Å². The van der Waals surface area contributed by atoms with Crippen molar-refractivity contribution in [2.24, 2.45) is 5.73 Å². The fraction of sp³-hybridized carbons (Fsp3) is 0.526. The quantitative estimate of drug-likeness (QED) is 0.653. The van der Waals surface area contributed by atoms with Crippen molar-refractivity contribution >= 4 is 23.5 Å². The average molecular weight is 356 g/mol. The van der Waals surface area contributed by atoms with Crippen LogP contribution >= 0.6 is 0 Å². The van der Waals surface area contributed by atoms with Crippen LogP contribution in [0.25, 0.3) is 0 Å². The van der Waals surface area contributed by atoms with E-state index in [1.54, 1.807) is 12.1 Å². The molecule has 2 heterocycles. The minimum Gasteiger partial charge on any atom is -0.367 e. The Balaban J connectivity index is 1.69. The van der Waals surface area contributed by atoms with Crippen molar-refractivity contribution in [2.45, 2.75) is 43.2 Å². The summed E-state index contributed by atoms with van der Waals surface area (Å²) in [5, 5.41) is 0. The summed E-state index contributed by atoms with van der Waals surface area (Å²) < 4.78 is 0. The molecule has 26 heavy (non-hydrogen) atoms. The molecule has 2 saturated heterocycles. The van der Waals surface area contributed by atoms with Crippen LogP contribution in [-0.4, -0.2) is 53.8 Å². The first-order valence-corrected chi connectivity index (χ1v) is 9.09. The lowest BCUT2D eigenvalue weighted by Gasteiger charge is -2.35. The number of carbonyl (C=O) groups is 3. The second-order valence-corrected chi connectivity index (χ2v) is 7.73. The normalized spacial score (nSPS) is 27.0. The Morgan fingerprint density at radius 3 is 2.23 bits per heavy atom. The lowest BCUT2D eigenvalue weighted by Crippen LogP contribution is -2.60. The van der Waals surface area contributed by atoms with Crippen LogP contribution < -0.4 is 10.6 Å². The molecule has 4 amide bonds. The number of anilines is 1. The highest BCUT2D eigenvalue weighted by Crippen LogP contribution is 2.50. The van der Waals surface area contributed by atoms with Gasteiger partial charge in [0.05, 0.1) is 5.69 Å². The number of hydrogen-bond donors (Lipinski definition) is 1. The molecule has 3 aliphatic rings. The summed E-state index contributed by atoms with van der Waals surface area (Å²) in [6.45, 7) is 0.381. The Labute approximate surface area is 152 Å². The first-order valence-electron chi connectivity index (χ1n) is 9.09. The number of rotatable bonds is 4. The molecule has 1 aromatic carbocycles. The third-order valence-electron chi connectivity index (χ3n) is 6.26. The van der Waals surface area contributed by atoms with Crippen molar-refractivity contribution in [1.29, 1.82) is 0 Å². The number of urea groups is 1. The SMILES string of the molecule is CN(C)C1(c2ccc(N3C(=O)N4CCCC[C@]4(C(N)=O)C3=O)cc2)CC1. The van der Waals surface area contributed by atoms with Crippen molar-refractivity contribution in [1.82, 2.24) is 9.80 Å². The van der Waals surface area contributed by atoms with Gasteiger partial charge >= 0.3 is 6.03 Å². The van der Waals surface area contributed by atoms with Crippen molar-refractivity contribution in [3.8, 4) is 0 Å². The van der Waals surface area contributed by atoms with Crippen molar-refractivity contribution in [2.75, 3.05) is 25.5 Å². The van der Waals surface area contributed by atoms with E-state index >= 15 is 0 Å². The highest BCUT2D eigenvalue weighted by molar-refractivity contribution is 6.30. The van der Waals surface area contributed by atoms with E-state index in [1.165, 1.54) is 10.5 Å². The van der Waals surface area contributed by atoms with Gasteiger partial charge in [0.2, 0.25) is 5.54 Å². The average Bonchev–Trinajstić information content (AvgIpc) is 3.40. The van der Waals surface area contributed by atoms with Gasteiger partial charge in [-0.25, -0.2) is 9.69 Å². The zero-order valence-electron chi connectivity index (χ0n) is 15.2. The molecule has 4 rings (SSSR count). The van der Waals surface area contributed by atoms with E-state index in [9.17, 15) is 14.4 Å². The summed E-state index contributed by atoms with van der Waals surface area (Å²) in [5.74, 6) is -1.25. The van der Waals surface area contributed by atoms with Crippen LogP contribution in [-0.2, 0) is 15.1 Å². The van der Waals surface area contributed by atoms with Crippen LogP contribution in [0.2, 0.25) is 0 Å². The number of primary amides is 1. The number of amides is 4. The molecule has 1 saturated carbocycles. The molecule has 3 fully saturated rings. The standard InChI is InChI=1S/C19H24N4O3/c1-21(2)18(10-11-18)13-5-7-14(8-6-13)23-16(25)19(15(20)24)9-3-4-12-22(19)17(23)26/h5-8H,3-4,9-12H2,1-2H3,(H2,20,24)/t19-/m0/s1. The maximum Gasteiger partial charge on any atom is 0.332 e. The van der Waals surface area contributed by atoms with Gasteiger partial charge in [0, 0.05) is 12.1 Å². The molecule has 2 N–H and O–H groups in total. The fourth-order valence-electron chi connectivity index (χ4n) is 4.47. The number of hydrogen-bond acceptors (Lipinski definition) is 4. The molecule has 0 spiro atoms. The smallest absolute Gasteiger partial charge is 0.332 e. The number of nitrogens with zero attached hydrogens (tertiary/aromatic N) is 3. The van der Waals surface area contributed by atoms with Crippen molar-refractivity contribution in [3.63, 3.8) is 0 Å². The van der Waals surface area contributed by atoms with Crippen LogP contribution in [0, 0.1) is 0 Å². The van der Waals surface area contributed by atoms with Gasteiger partial charge in [-0.15, -0.1) is 0 Å². The van der Waals surface area contributed by atoms with Crippen LogP contribution in [0.15, 0.2) is 24.3 Å². The van der Waals surface area contributed by atoms with Gasteiger partial charge in [-0.3, -0.25) is 14.5 Å². The Morgan fingerprint density at radius 1 is 1.08 bits per heavy atom. The lowest BCUT2D eigenvalue weighted by atomic mass is 9.86. The van der Waals surface area contributed by atoms with Gasteiger partial charge in [0.1, 0.15) is 0 Å². The first kappa shape index (κ1) is 17.0. The minimum atomic E-state index is -1.52. The summed E-state index contributed by atoms with van der Waals surface area (Å²) in [6, 6.07) is 7.08. The van der Waals surface area contributed by atoms with Crippen LogP contribution in [0.3, 0.4) is 0 Å². The number of nitrogens with two attached hydrogens (primary N) is 1. The molecule has 2 aliphatic heterocycles. The van der Waals surface area contributed by atoms with Gasteiger partial charge in [-0.2, -0.15) is 0 Å². The van der Waals surface area contributed by atoms with Crippen LogP contribution in [0.4, 0.5) is 10.5 Å². The third kappa shape index (κ3) is 2.06. The van der Waals surface area contributed by atoms with Gasteiger partial charge in [-0.05, 0) is 63.9 Å². The van der Waals surface area contributed by atoms with Gasteiger partial charge < -0.3 is 10.6 Å². The number of carbonyl (C=O) groups excluding carboxylic acids is 3. The van der Waals surface area contributed by atoms with Crippen LogP contribution in [0.1, 0.15) is 37.7 Å². The lowest BCUT2D eigenvalue weighted by molar-refractivity contribution is -0.139. The second-order valence-electron chi connectivity index (χ2n) is 7.73. The number of fused-ring (bicyclic) bond motifs is 1. The topological polar surface area (TPSA) is 86.9 Å². The Morgan fingerprint density at radius 2 is 1.73 bits per heavy atom. The minimum absolute atomic E-state index is 0.0590. The zero-order valence-corrected chi connectivity index (χ0v) is 15.2. The maximum atomic E-state index is 13.1. The van der Waals surface area contributed by atoms with E-state index < -0.39 is 23.4 Å². The molecule has 0 unspecified atom stereocenters. The first-order chi connectivity index (χ1) is 12.3. The van der Waals surface area contributed by atoms with E-state index in [1.807, 2.05) is 12.1 Å². The summed E-state index contributed by atoms with van der Waals surface area (Å²) in [6.07, 6.45) is 3.97. The fourth-order valence-corrected chi connectivity index (χ4v) is 4.47. The Hall–Kier alpha value is -2.41. The molecule has 138 valence electrons. The highest BCUT2D eigenvalue weighted by atomic mass is 16.2. The second kappa shape index (κ2) is 5.54. The molecule has 7 heteroatoms. The monoisotopic (exact) mass is 356 g/mol. The zero-order chi connectivity index (χ0) is 18.7. The molecule has 1 aromatic rings. The van der Waals surface area contributed by atoms with E-state index in [-0.39, 0.29) is 5.54 Å². The number of piperidine rings is 1. The summed E-state index contributed by atoms with van der Waals surface area (Å²) in [7, 11) is 4.12. The molecule has 1 aliphatic carbocycles. The molecule has 7 nitrogen and oxygen atoms in total. The van der Waals surface area contributed by atoms with Gasteiger partial charge in [-0.1, -0.05) is 12.1 Å². The molecule has 1 atom stereocenters. The molecule has 0 bridgehead atoms. The van der Waals surface area contributed by atoms with E-state index in [4.69, 9.17) is 5.73 Å². The molecular formula is C19H24N4O3. The van der Waals surface area contributed by atoms with Crippen molar-refractivity contribution < 1.29 is 14.4 Å². The summed E-state index contributed by atoms with van der Waals surface area (Å²) >= 11 is 0. The van der Waals surface area contributed by atoms with Gasteiger partial charge in [0.15, 0.2) is 0 Å². The Kier molecular flexibility index (Phi) is 3.63. The van der Waals surface area contributed by atoms with E-state index in [2.05, 4.69) is 19.0 Å². The molecule has 0 radical (unpaired) electrons. The molecular weight excluding hydrogens is 332 g/mol. The van der Waals surface area contributed by atoms with Crippen molar-refractivity contribution in [3.05, 3.63) is 29.8 Å². The highest BCUT2D eigenvalue weighted by Gasteiger charge is 2.62. The number of benzene rings is 1. The van der Waals surface area contributed by atoms with E-state index in [0.717, 1.165) is 24.2 Å². The summed E-state index contributed by atoms with van der Waals surface area (Å²) in [5.41, 5.74) is 5.78. The third-order valence-corrected chi connectivity index (χ3v) is 6.26. The summed E-state index contributed by atoms with van der Waals surface area (Å²) in [4.78, 5) is 42.8. The van der Waals surface area contributed by atoms with Crippen LogP contribution in [0.5, 0.6) is 0 Å². The largest absolute Gasteiger partial charge is 0.367 e. The predicted octanol–water partition coefficient (Wildman–Crippen LogP) is 1.41. The predicted molar refractivity (Wildman–Crippen MR) is 96.4 cm³/mol. The maximum absolute atomic E-state index is 13.1. The molecule has 0 aromatic heterocycles.